The molecule has 0 amide bonds. The van der Waals surface area contributed by atoms with Crippen molar-refractivity contribution >= 4 is 21.6 Å². The molecule has 0 bridgehead atoms. The molecular weight excluding hydrogens is 244 g/mol. The van der Waals surface area contributed by atoms with E-state index < -0.39 is 0 Å². The van der Waals surface area contributed by atoms with Crippen LogP contribution in [0.2, 0.25) is 0 Å². The molecular formula is C13H14N4S. The van der Waals surface area contributed by atoms with Gasteiger partial charge < -0.3 is 9.88 Å². The molecule has 2 heterocycles. The summed E-state index contributed by atoms with van der Waals surface area (Å²) >= 11 is 1.74. The summed E-state index contributed by atoms with van der Waals surface area (Å²) in [5.74, 6) is 0. The number of thiazole rings is 1. The van der Waals surface area contributed by atoms with Gasteiger partial charge >= 0.3 is 0 Å². The Morgan fingerprint density at radius 2 is 2.17 bits per heavy atom. The fourth-order valence-corrected chi connectivity index (χ4v) is 2.78. The molecule has 0 unspecified atom stereocenters. The predicted octanol–water partition coefficient (Wildman–Crippen LogP) is 2.32. The Morgan fingerprint density at radius 1 is 1.28 bits per heavy atom. The van der Waals surface area contributed by atoms with Crippen LogP contribution in [-0.2, 0) is 20.1 Å². The SMILES string of the molecule is Cn1cncc1CNCc1nc2ccccc2s1. The van der Waals surface area contributed by atoms with Crippen molar-refractivity contribution in [1.29, 1.82) is 0 Å². The van der Waals surface area contributed by atoms with Crippen LogP contribution in [0.25, 0.3) is 10.2 Å². The van der Waals surface area contributed by atoms with Gasteiger partial charge in [-0.2, -0.15) is 0 Å². The zero-order valence-electron chi connectivity index (χ0n) is 10.1. The Hall–Kier alpha value is -1.72. The third-order valence-electron chi connectivity index (χ3n) is 2.84. The maximum Gasteiger partial charge on any atom is 0.108 e. The summed E-state index contributed by atoms with van der Waals surface area (Å²) in [4.78, 5) is 8.68. The zero-order valence-corrected chi connectivity index (χ0v) is 10.9. The first kappa shape index (κ1) is 11.4. The number of imidazole rings is 1. The first-order chi connectivity index (χ1) is 8.83. The average molecular weight is 258 g/mol. The quantitative estimate of drug-likeness (QED) is 0.781. The number of hydrogen-bond donors (Lipinski definition) is 1. The van der Waals surface area contributed by atoms with Crippen LogP contribution in [0, 0.1) is 0 Å². The summed E-state index contributed by atoms with van der Waals surface area (Å²) in [6.07, 6.45) is 3.69. The first-order valence-corrected chi connectivity index (χ1v) is 6.65. The van der Waals surface area contributed by atoms with Crippen LogP contribution in [0.15, 0.2) is 36.8 Å². The molecule has 3 aromatic rings. The molecule has 0 aliphatic rings. The van der Waals surface area contributed by atoms with Crippen molar-refractivity contribution < 1.29 is 0 Å². The van der Waals surface area contributed by atoms with E-state index in [4.69, 9.17) is 0 Å². The second kappa shape index (κ2) is 4.88. The molecule has 5 heteroatoms. The number of benzene rings is 1. The molecule has 0 spiro atoms. The number of aryl methyl sites for hydroxylation is 1. The van der Waals surface area contributed by atoms with Crippen molar-refractivity contribution in [1.82, 2.24) is 19.9 Å². The first-order valence-electron chi connectivity index (χ1n) is 5.83. The Labute approximate surface area is 109 Å². The lowest BCUT2D eigenvalue weighted by molar-refractivity contribution is 0.654. The van der Waals surface area contributed by atoms with Gasteiger partial charge in [-0.25, -0.2) is 9.97 Å². The molecule has 18 heavy (non-hydrogen) atoms. The molecule has 0 saturated heterocycles. The molecule has 1 aromatic carbocycles. The van der Waals surface area contributed by atoms with Crippen LogP contribution in [0.4, 0.5) is 0 Å². The Balaban J connectivity index is 1.65. The predicted molar refractivity (Wildman–Crippen MR) is 73.4 cm³/mol. The lowest BCUT2D eigenvalue weighted by Gasteiger charge is -2.02. The Morgan fingerprint density at radius 3 is 2.94 bits per heavy atom. The number of para-hydroxylation sites is 1. The van der Waals surface area contributed by atoms with E-state index in [1.165, 1.54) is 10.4 Å². The van der Waals surface area contributed by atoms with Crippen molar-refractivity contribution in [3.05, 3.63) is 47.5 Å². The highest BCUT2D eigenvalue weighted by Gasteiger charge is 2.03. The maximum absolute atomic E-state index is 4.59. The normalized spacial score (nSPS) is 11.2. The Bertz CT molecular complexity index is 623. The van der Waals surface area contributed by atoms with Gasteiger partial charge in [0.25, 0.3) is 0 Å². The highest BCUT2D eigenvalue weighted by molar-refractivity contribution is 7.18. The third kappa shape index (κ3) is 2.27. The van der Waals surface area contributed by atoms with E-state index in [0.717, 1.165) is 23.6 Å². The number of fused-ring (bicyclic) bond motifs is 1. The molecule has 0 aliphatic heterocycles. The smallest absolute Gasteiger partial charge is 0.108 e. The summed E-state index contributed by atoms with van der Waals surface area (Å²) in [5, 5.41) is 4.52. The standard InChI is InChI=1S/C13H14N4S/c1-17-9-15-7-10(17)6-14-8-13-16-11-4-2-3-5-12(11)18-13/h2-5,7,9,14H,6,8H2,1H3. The van der Waals surface area contributed by atoms with Crippen LogP contribution in [0.3, 0.4) is 0 Å². The highest BCUT2D eigenvalue weighted by atomic mass is 32.1. The van der Waals surface area contributed by atoms with Gasteiger partial charge in [-0.3, -0.25) is 0 Å². The number of aromatic nitrogens is 3. The molecule has 2 aromatic heterocycles. The van der Waals surface area contributed by atoms with E-state index in [2.05, 4.69) is 27.4 Å². The molecule has 0 saturated carbocycles. The summed E-state index contributed by atoms with van der Waals surface area (Å²) < 4.78 is 3.26. The van der Waals surface area contributed by atoms with Crippen LogP contribution in [0.5, 0.6) is 0 Å². The molecule has 92 valence electrons. The minimum Gasteiger partial charge on any atom is -0.337 e. The van der Waals surface area contributed by atoms with Gasteiger partial charge in [0.1, 0.15) is 5.01 Å². The topological polar surface area (TPSA) is 42.7 Å². The fraction of sp³-hybridized carbons (Fsp3) is 0.231. The van der Waals surface area contributed by atoms with Gasteiger partial charge in [0.05, 0.1) is 22.2 Å². The Kier molecular flexibility index (Phi) is 3.08. The summed E-state index contributed by atoms with van der Waals surface area (Å²) in [6.45, 7) is 1.61. The second-order valence-corrected chi connectivity index (χ2v) is 5.29. The van der Waals surface area contributed by atoms with Crippen LogP contribution in [0.1, 0.15) is 10.7 Å². The van der Waals surface area contributed by atoms with E-state index in [1.807, 2.05) is 36.3 Å². The van der Waals surface area contributed by atoms with E-state index in [-0.39, 0.29) is 0 Å². The molecule has 0 radical (unpaired) electrons. The number of nitrogens with zero attached hydrogens (tertiary/aromatic N) is 3. The van der Waals surface area contributed by atoms with E-state index >= 15 is 0 Å². The fourth-order valence-electron chi connectivity index (χ4n) is 1.85. The van der Waals surface area contributed by atoms with E-state index in [0.29, 0.717) is 0 Å². The van der Waals surface area contributed by atoms with Crippen molar-refractivity contribution in [2.45, 2.75) is 13.1 Å². The van der Waals surface area contributed by atoms with Gasteiger partial charge in [-0.1, -0.05) is 12.1 Å². The number of nitrogens with one attached hydrogen (secondary N) is 1. The molecule has 0 atom stereocenters. The van der Waals surface area contributed by atoms with Crippen molar-refractivity contribution in [3.63, 3.8) is 0 Å². The lowest BCUT2D eigenvalue weighted by Crippen LogP contribution is -2.14. The maximum atomic E-state index is 4.59. The second-order valence-electron chi connectivity index (χ2n) is 4.17. The highest BCUT2D eigenvalue weighted by Crippen LogP contribution is 2.21. The summed E-state index contributed by atoms with van der Waals surface area (Å²) in [6, 6.07) is 8.23. The molecule has 0 fully saturated rings. The molecule has 1 N–H and O–H groups in total. The van der Waals surface area contributed by atoms with Gasteiger partial charge in [0, 0.05) is 26.3 Å². The van der Waals surface area contributed by atoms with Crippen molar-refractivity contribution in [2.75, 3.05) is 0 Å². The number of hydrogen-bond acceptors (Lipinski definition) is 4. The molecule has 3 rings (SSSR count). The zero-order chi connectivity index (χ0) is 12.4. The van der Waals surface area contributed by atoms with Crippen LogP contribution in [-0.4, -0.2) is 14.5 Å². The average Bonchev–Trinajstić information content (AvgIpc) is 2.96. The van der Waals surface area contributed by atoms with Crippen molar-refractivity contribution in [2.24, 2.45) is 7.05 Å². The van der Waals surface area contributed by atoms with E-state index in [1.54, 1.807) is 11.3 Å². The largest absolute Gasteiger partial charge is 0.337 e. The number of rotatable bonds is 4. The van der Waals surface area contributed by atoms with Gasteiger partial charge in [-0.05, 0) is 12.1 Å². The van der Waals surface area contributed by atoms with Crippen molar-refractivity contribution in [3.8, 4) is 0 Å². The van der Waals surface area contributed by atoms with Crippen LogP contribution >= 0.6 is 11.3 Å². The minimum atomic E-state index is 0.796. The van der Waals surface area contributed by atoms with Crippen LogP contribution < -0.4 is 5.32 Å². The molecule has 4 nitrogen and oxygen atoms in total. The van der Waals surface area contributed by atoms with Gasteiger partial charge in [0.15, 0.2) is 0 Å². The van der Waals surface area contributed by atoms with Gasteiger partial charge in [-0.15, -0.1) is 11.3 Å². The molecule has 0 aliphatic carbocycles. The van der Waals surface area contributed by atoms with Gasteiger partial charge in [0.2, 0.25) is 0 Å². The monoisotopic (exact) mass is 258 g/mol. The summed E-state index contributed by atoms with van der Waals surface area (Å²) in [5.41, 5.74) is 2.26. The van der Waals surface area contributed by atoms with E-state index in [9.17, 15) is 0 Å². The third-order valence-corrected chi connectivity index (χ3v) is 3.87. The minimum absolute atomic E-state index is 0.796. The summed E-state index contributed by atoms with van der Waals surface area (Å²) in [7, 11) is 2.00. The lowest BCUT2D eigenvalue weighted by atomic mass is 10.3.